The SMILES string of the molecule is CCC[C@@H](N)C(=O)N(C)CCOc1cccc(F)c1. The van der Waals surface area contributed by atoms with E-state index in [1.54, 1.807) is 24.1 Å². The van der Waals surface area contributed by atoms with E-state index in [1.807, 2.05) is 6.92 Å². The van der Waals surface area contributed by atoms with Gasteiger partial charge in [0.05, 0.1) is 12.6 Å². The standard InChI is InChI=1S/C14H21FN2O2/c1-3-5-13(16)14(18)17(2)8-9-19-12-7-4-6-11(15)10-12/h4,6-7,10,13H,3,5,8-9,16H2,1-2H3/t13-/m1/s1. The van der Waals surface area contributed by atoms with Crippen molar-refractivity contribution in [3.8, 4) is 5.75 Å². The summed E-state index contributed by atoms with van der Waals surface area (Å²) < 4.78 is 18.3. The number of rotatable bonds is 7. The first-order valence-corrected chi connectivity index (χ1v) is 6.43. The molecule has 0 spiro atoms. The molecule has 1 aromatic rings. The lowest BCUT2D eigenvalue weighted by Crippen LogP contribution is -2.43. The second kappa shape index (κ2) is 7.74. The van der Waals surface area contributed by atoms with Gasteiger partial charge in [0.1, 0.15) is 18.2 Å². The van der Waals surface area contributed by atoms with Gasteiger partial charge in [-0.2, -0.15) is 0 Å². The number of hydrogen-bond donors (Lipinski definition) is 1. The minimum atomic E-state index is -0.454. The number of hydrogen-bond acceptors (Lipinski definition) is 3. The molecule has 0 bridgehead atoms. The molecule has 0 fully saturated rings. The molecular formula is C14H21FN2O2. The van der Waals surface area contributed by atoms with Crippen molar-refractivity contribution in [3.63, 3.8) is 0 Å². The lowest BCUT2D eigenvalue weighted by molar-refractivity contribution is -0.131. The Morgan fingerprint density at radius 3 is 2.89 bits per heavy atom. The number of likely N-dealkylation sites (N-methyl/N-ethyl adjacent to an activating group) is 1. The van der Waals surface area contributed by atoms with Crippen LogP contribution in [-0.4, -0.2) is 37.0 Å². The second-order valence-electron chi connectivity index (χ2n) is 4.46. The predicted octanol–water partition coefficient (Wildman–Crippen LogP) is 1.79. The highest BCUT2D eigenvalue weighted by Gasteiger charge is 2.16. The molecule has 0 aliphatic rings. The number of nitrogens with two attached hydrogens (primary N) is 1. The molecule has 0 aliphatic carbocycles. The molecule has 0 unspecified atom stereocenters. The number of ether oxygens (including phenoxy) is 1. The fraction of sp³-hybridized carbons (Fsp3) is 0.500. The van der Waals surface area contributed by atoms with E-state index in [9.17, 15) is 9.18 Å². The van der Waals surface area contributed by atoms with E-state index >= 15 is 0 Å². The fourth-order valence-electron chi connectivity index (χ4n) is 1.68. The highest BCUT2D eigenvalue weighted by molar-refractivity contribution is 5.81. The zero-order chi connectivity index (χ0) is 14.3. The van der Waals surface area contributed by atoms with Gasteiger partial charge in [0.25, 0.3) is 0 Å². The fourth-order valence-corrected chi connectivity index (χ4v) is 1.68. The first-order chi connectivity index (χ1) is 9.04. The molecule has 1 atom stereocenters. The Morgan fingerprint density at radius 1 is 1.53 bits per heavy atom. The van der Waals surface area contributed by atoms with Crippen LogP contribution in [0.1, 0.15) is 19.8 Å². The van der Waals surface area contributed by atoms with Crippen molar-refractivity contribution in [1.82, 2.24) is 4.90 Å². The van der Waals surface area contributed by atoms with Crippen molar-refractivity contribution in [3.05, 3.63) is 30.1 Å². The summed E-state index contributed by atoms with van der Waals surface area (Å²) in [5.41, 5.74) is 5.75. The van der Waals surface area contributed by atoms with Gasteiger partial charge in [-0.25, -0.2) is 4.39 Å². The average Bonchev–Trinajstić information content (AvgIpc) is 2.38. The van der Waals surface area contributed by atoms with Crippen molar-refractivity contribution in [2.75, 3.05) is 20.2 Å². The topological polar surface area (TPSA) is 55.6 Å². The summed E-state index contributed by atoms with van der Waals surface area (Å²) in [6.45, 7) is 2.72. The summed E-state index contributed by atoms with van der Waals surface area (Å²) in [5.74, 6) is 0.0234. The van der Waals surface area contributed by atoms with E-state index in [0.29, 0.717) is 25.3 Å². The molecule has 1 amide bonds. The Bertz CT molecular complexity index is 412. The molecule has 0 saturated heterocycles. The van der Waals surface area contributed by atoms with E-state index in [2.05, 4.69) is 0 Å². The molecule has 19 heavy (non-hydrogen) atoms. The molecule has 0 aromatic heterocycles. The highest BCUT2D eigenvalue weighted by atomic mass is 19.1. The van der Waals surface area contributed by atoms with Crippen LogP contribution in [0.3, 0.4) is 0 Å². The summed E-state index contributed by atoms with van der Waals surface area (Å²) >= 11 is 0. The van der Waals surface area contributed by atoms with E-state index in [1.165, 1.54) is 12.1 Å². The summed E-state index contributed by atoms with van der Waals surface area (Å²) in [7, 11) is 1.69. The quantitative estimate of drug-likeness (QED) is 0.820. The Labute approximate surface area is 113 Å². The van der Waals surface area contributed by atoms with Crippen LogP contribution in [0.15, 0.2) is 24.3 Å². The molecule has 0 radical (unpaired) electrons. The second-order valence-corrected chi connectivity index (χ2v) is 4.46. The molecule has 0 aliphatic heterocycles. The Kier molecular flexibility index (Phi) is 6.29. The molecule has 1 rings (SSSR count). The van der Waals surface area contributed by atoms with Crippen molar-refractivity contribution in [1.29, 1.82) is 0 Å². The van der Waals surface area contributed by atoms with Crippen molar-refractivity contribution in [2.45, 2.75) is 25.8 Å². The summed E-state index contributed by atoms with van der Waals surface area (Å²) in [5, 5.41) is 0. The zero-order valence-electron chi connectivity index (χ0n) is 11.4. The Hall–Kier alpha value is -1.62. The van der Waals surface area contributed by atoms with Crippen molar-refractivity contribution < 1.29 is 13.9 Å². The molecule has 2 N–H and O–H groups in total. The maximum absolute atomic E-state index is 12.9. The minimum absolute atomic E-state index is 0.0929. The van der Waals surface area contributed by atoms with Crippen LogP contribution >= 0.6 is 0 Å². The number of halogens is 1. The molecule has 106 valence electrons. The van der Waals surface area contributed by atoms with Gasteiger partial charge in [-0.1, -0.05) is 19.4 Å². The summed E-state index contributed by atoms with van der Waals surface area (Å²) in [6.07, 6.45) is 1.55. The normalized spacial score (nSPS) is 12.0. The van der Waals surface area contributed by atoms with Gasteiger partial charge in [0.2, 0.25) is 5.91 Å². The van der Waals surface area contributed by atoms with Crippen molar-refractivity contribution in [2.24, 2.45) is 5.73 Å². The number of nitrogens with zero attached hydrogens (tertiary/aromatic N) is 1. The predicted molar refractivity (Wildman–Crippen MR) is 72.4 cm³/mol. The third-order valence-electron chi connectivity index (χ3n) is 2.78. The maximum atomic E-state index is 12.9. The van der Waals surface area contributed by atoms with Crippen LogP contribution in [0.5, 0.6) is 5.75 Å². The highest BCUT2D eigenvalue weighted by Crippen LogP contribution is 2.11. The van der Waals surface area contributed by atoms with Crippen LogP contribution in [0.4, 0.5) is 4.39 Å². The molecular weight excluding hydrogens is 247 g/mol. The van der Waals surface area contributed by atoms with Crippen molar-refractivity contribution >= 4 is 5.91 Å². The van der Waals surface area contributed by atoms with Crippen LogP contribution in [0.2, 0.25) is 0 Å². The van der Waals surface area contributed by atoms with Gasteiger partial charge in [-0.3, -0.25) is 4.79 Å². The molecule has 0 saturated carbocycles. The van der Waals surface area contributed by atoms with Crippen LogP contribution in [-0.2, 0) is 4.79 Å². The Balaban J connectivity index is 2.34. The smallest absolute Gasteiger partial charge is 0.239 e. The first kappa shape index (κ1) is 15.4. The molecule has 5 heteroatoms. The number of benzene rings is 1. The van der Waals surface area contributed by atoms with Gasteiger partial charge in [0.15, 0.2) is 0 Å². The van der Waals surface area contributed by atoms with E-state index < -0.39 is 6.04 Å². The van der Waals surface area contributed by atoms with Gasteiger partial charge >= 0.3 is 0 Å². The van der Waals surface area contributed by atoms with Gasteiger partial charge in [-0.15, -0.1) is 0 Å². The lowest BCUT2D eigenvalue weighted by atomic mass is 10.1. The summed E-state index contributed by atoms with van der Waals surface area (Å²) in [4.78, 5) is 13.4. The molecule has 0 heterocycles. The first-order valence-electron chi connectivity index (χ1n) is 6.43. The van der Waals surface area contributed by atoms with E-state index in [0.717, 1.165) is 6.42 Å². The zero-order valence-corrected chi connectivity index (χ0v) is 11.4. The number of carbonyl (C=O) groups excluding carboxylic acids is 1. The van der Waals surface area contributed by atoms with E-state index in [-0.39, 0.29) is 11.7 Å². The largest absolute Gasteiger partial charge is 0.492 e. The van der Waals surface area contributed by atoms with Crippen LogP contribution < -0.4 is 10.5 Å². The lowest BCUT2D eigenvalue weighted by Gasteiger charge is -2.21. The average molecular weight is 268 g/mol. The molecule has 1 aromatic carbocycles. The third kappa shape index (κ3) is 5.26. The minimum Gasteiger partial charge on any atom is -0.492 e. The van der Waals surface area contributed by atoms with Crippen LogP contribution in [0, 0.1) is 5.82 Å². The summed E-state index contributed by atoms with van der Waals surface area (Å²) in [6, 6.07) is 5.46. The molecule has 4 nitrogen and oxygen atoms in total. The van der Waals surface area contributed by atoms with Gasteiger partial charge in [0, 0.05) is 13.1 Å². The maximum Gasteiger partial charge on any atom is 0.239 e. The monoisotopic (exact) mass is 268 g/mol. The van der Waals surface area contributed by atoms with Crippen LogP contribution in [0.25, 0.3) is 0 Å². The van der Waals surface area contributed by atoms with Gasteiger partial charge in [-0.05, 0) is 18.6 Å². The number of amides is 1. The third-order valence-corrected chi connectivity index (χ3v) is 2.78. The number of carbonyl (C=O) groups is 1. The van der Waals surface area contributed by atoms with E-state index in [4.69, 9.17) is 10.5 Å². The van der Waals surface area contributed by atoms with Gasteiger partial charge < -0.3 is 15.4 Å². The Morgan fingerprint density at radius 2 is 2.26 bits per heavy atom.